The van der Waals surface area contributed by atoms with Gasteiger partial charge in [-0.25, -0.2) is 4.79 Å². The first kappa shape index (κ1) is 18.0. The van der Waals surface area contributed by atoms with Crippen molar-refractivity contribution in [3.63, 3.8) is 0 Å². The van der Waals surface area contributed by atoms with Crippen molar-refractivity contribution in [1.82, 2.24) is 4.98 Å². The molecule has 1 amide bonds. The van der Waals surface area contributed by atoms with Gasteiger partial charge in [0.05, 0.1) is 18.6 Å². The molecule has 1 heterocycles. The van der Waals surface area contributed by atoms with Crippen molar-refractivity contribution in [3.05, 3.63) is 64.3 Å². The highest BCUT2D eigenvalue weighted by molar-refractivity contribution is 6.31. The maximum Gasteiger partial charge on any atom is 0.338 e. The molecule has 2 aromatic carbocycles. The summed E-state index contributed by atoms with van der Waals surface area (Å²) in [6, 6.07) is 12.2. The van der Waals surface area contributed by atoms with Crippen molar-refractivity contribution in [2.75, 3.05) is 11.9 Å². The molecule has 0 spiro atoms. The summed E-state index contributed by atoms with van der Waals surface area (Å²) in [6.07, 6.45) is 0.228. The Morgan fingerprint density at radius 1 is 1.15 bits per heavy atom. The summed E-state index contributed by atoms with van der Waals surface area (Å²) in [4.78, 5) is 27.4. The van der Waals surface area contributed by atoms with Gasteiger partial charge in [0, 0.05) is 27.3 Å². The number of amides is 1. The molecule has 0 aliphatic rings. The molecule has 0 unspecified atom stereocenters. The van der Waals surface area contributed by atoms with Crippen molar-refractivity contribution >= 4 is 40.1 Å². The van der Waals surface area contributed by atoms with E-state index >= 15 is 0 Å². The Bertz CT molecular complexity index is 961. The Kier molecular flexibility index (Phi) is 5.28. The Balaban J connectivity index is 1.72. The highest BCUT2D eigenvalue weighted by atomic mass is 35.5. The second kappa shape index (κ2) is 7.62. The molecule has 0 saturated heterocycles. The van der Waals surface area contributed by atoms with Gasteiger partial charge in [-0.1, -0.05) is 11.6 Å². The second-order valence-electron chi connectivity index (χ2n) is 5.94. The van der Waals surface area contributed by atoms with Crippen LogP contribution in [0.3, 0.4) is 0 Å². The summed E-state index contributed by atoms with van der Waals surface area (Å²) in [7, 11) is 0. The lowest BCUT2D eigenvalue weighted by Crippen LogP contribution is -2.15. The van der Waals surface area contributed by atoms with Gasteiger partial charge < -0.3 is 15.0 Å². The summed E-state index contributed by atoms with van der Waals surface area (Å²) < 4.78 is 4.94. The van der Waals surface area contributed by atoms with E-state index in [1.54, 1.807) is 31.2 Å². The lowest BCUT2D eigenvalue weighted by Gasteiger charge is -2.07. The van der Waals surface area contributed by atoms with Gasteiger partial charge in [-0.3, -0.25) is 4.79 Å². The first-order valence-electron chi connectivity index (χ1n) is 8.31. The normalized spacial score (nSPS) is 10.7. The number of esters is 1. The van der Waals surface area contributed by atoms with Crippen LogP contribution in [0.25, 0.3) is 10.9 Å². The molecule has 0 atom stereocenters. The van der Waals surface area contributed by atoms with Crippen LogP contribution in [0.5, 0.6) is 0 Å². The number of H-pyrrole nitrogens is 1. The van der Waals surface area contributed by atoms with Crippen LogP contribution in [0.4, 0.5) is 5.69 Å². The Morgan fingerprint density at radius 2 is 1.88 bits per heavy atom. The zero-order valence-electron chi connectivity index (χ0n) is 14.6. The maximum absolute atomic E-state index is 12.4. The zero-order valence-corrected chi connectivity index (χ0v) is 15.3. The molecule has 26 heavy (non-hydrogen) atoms. The molecule has 0 aliphatic heterocycles. The molecule has 2 N–H and O–H groups in total. The highest BCUT2D eigenvalue weighted by Crippen LogP contribution is 2.26. The van der Waals surface area contributed by atoms with Crippen LogP contribution >= 0.6 is 11.6 Å². The molecule has 134 valence electrons. The Labute approximate surface area is 156 Å². The number of benzene rings is 2. The quantitative estimate of drug-likeness (QED) is 0.650. The van der Waals surface area contributed by atoms with E-state index in [0.717, 1.165) is 22.2 Å². The number of rotatable bonds is 5. The summed E-state index contributed by atoms with van der Waals surface area (Å²) in [5.41, 5.74) is 3.89. The summed E-state index contributed by atoms with van der Waals surface area (Å²) in [6.45, 7) is 4.02. The standard InChI is InChI=1S/C20H19ClN2O3/c1-3-26-20(25)13-4-7-15(8-5-13)23-19(24)11-16-12(2)22-18-9-6-14(21)10-17(16)18/h4-10,22H,3,11H2,1-2H3,(H,23,24). The molecule has 3 rings (SSSR count). The Morgan fingerprint density at radius 3 is 2.58 bits per heavy atom. The number of hydrogen-bond donors (Lipinski definition) is 2. The van der Waals surface area contributed by atoms with E-state index in [1.165, 1.54) is 0 Å². The van der Waals surface area contributed by atoms with Crippen LogP contribution in [0, 0.1) is 6.92 Å². The molecule has 0 bridgehead atoms. The number of halogens is 1. The van der Waals surface area contributed by atoms with Crippen LogP contribution in [-0.4, -0.2) is 23.5 Å². The molecule has 5 nitrogen and oxygen atoms in total. The number of hydrogen-bond acceptors (Lipinski definition) is 3. The molecule has 6 heteroatoms. The number of anilines is 1. The largest absolute Gasteiger partial charge is 0.462 e. The van der Waals surface area contributed by atoms with Gasteiger partial charge in [0.2, 0.25) is 5.91 Å². The van der Waals surface area contributed by atoms with Gasteiger partial charge in [-0.2, -0.15) is 0 Å². The fraction of sp³-hybridized carbons (Fsp3) is 0.200. The van der Waals surface area contributed by atoms with Crippen LogP contribution in [0.2, 0.25) is 5.02 Å². The first-order chi connectivity index (χ1) is 12.5. The van der Waals surface area contributed by atoms with Gasteiger partial charge in [0.25, 0.3) is 0 Å². The van der Waals surface area contributed by atoms with Crippen LogP contribution < -0.4 is 5.32 Å². The molecule has 0 radical (unpaired) electrons. The number of fused-ring (bicyclic) bond motifs is 1. The average Bonchev–Trinajstić information content (AvgIpc) is 2.91. The molecule has 0 saturated carbocycles. The zero-order chi connectivity index (χ0) is 18.7. The van der Waals surface area contributed by atoms with Crippen LogP contribution in [0.1, 0.15) is 28.5 Å². The third-order valence-electron chi connectivity index (χ3n) is 4.10. The van der Waals surface area contributed by atoms with Gasteiger partial charge in [-0.15, -0.1) is 0 Å². The van der Waals surface area contributed by atoms with E-state index < -0.39 is 0 Å². The molecule has 3 aromatic rings. The monoisotopic (exact) mass is 370 g/mol. The number of carbonyl (C=O) groups is 2. The van der Waals surface area contributed by atoms with Crippen molar-refractivity contribution in [1.29, 1.82) is 0 Å². The average molecular weight is 371 g/mol. The van der Waals surface area contributed by atoms with E-state index in [9.17, 15) is 9.59 Å². The van der Waals surface area contributed by atoms with Crippen molar-refractivity contribution < 1.29 is 14.3 Å². The maximum atomic E-state index is 12.4. The lowest BCUT2D eigenvalue weighted by atomic mass is 10.1. The second-order valence-corrected chi connectivity index (χ2v) is 6.38. The number of carbonyl (C=O) groups excluding carboxylic acids is 2. The summed E-state index contributed by atoms with van der Waals surface area (Å²) >= 11 is 6.08. The van der Waals surface area contributed by atoms with Gasteiger partial charge >= 0.3 is 5.97 Å². The van der Waals surface area contributed by atoms with E-state index in [2.05, 4.69) is 10.3 Å². The number of aromatic amines is 1. The number of nitrogens with one attached hydrogen (secondary N) is 2. The number of ether oxygens (including phenoxy) is 1. The van der Waals surface area contributed by atoms with Crippen molar-refractivity contribution in [3.8, 4) is 0 Å². The number of aromatic nitrogens is 1. The van der Waals surface area contributed by atoms with Crippen LogP contribution in [0.15, 0.2) is 42.5 Å². The SMILES string of the molecule is CCOC(=O)c1ccc(NC(=O)Cc2c(C)[nH]c3ccc(Cl)cc23)cc1. The van der Waals surface area contributed by atoms with E-state index in [0.29, 0.717) is 22.9 Å². The van der Waals surface area contributed by atoms with E-state index in [1.807, 2.05) is 25.1 Å². The van der Waals surface area contributed by atoms with Crippen molar-refractivity contribution in [2.24, 2.45) is 0 Å². The third kappa shape index (κ3) is 3.89. The smallest absolute Gasteiger partial charge is 0.338 e. The van der Waals surface area contributed by atoms with Gasteiger partial charge in [0.1, 0.15) is 0 Å². The predicted molar refractivity (Wildman–Crippen MR) is 103 cm³/mol. The fourth-order valence-electron chi connectivity index (χ4n) is 2.85. The third-order valence-corrected chi connectivity index (χ3v) is 4.33. The minimum atomic E-state index is -0.378. The van der Waals surface area contributed by atoms with E-state index in [-0.39, 0.29) is 18.3 Å². The predicted octanol–water partition coefficient (Wildman–Crippen LogP) is 4.49. The molecule has 0 aliphatic carbocycles. The Hall–Kier alpha value is -2.79. The van der Waals surface area contributed by atoms with Crippen LogP contribution in [-0.2, 0) is 16.0 Å². The fourth-order valence-corrected chi connectivity index (χ4v) is 3.02. The molecular weight excluding hydrogens is 352 g/mol. The van der Waals surface area contributed by atoms with Crippen molar-refractivity contribution in [2.45, 2.75) is 20.3 Å². The highest BCUT2D eigenvalue weighted by Gasteiger charge is 2.13. The number of aryl methyl sites for hydroxylation is 1. The van der Waals surface area contributed by atoms with Gasteiger partial charge in [0.15, 0.2) is 0 Å². The van der Waals surface area contributed by atoms with E-state index in [4.69, 9.17) is 16.3 Å². The molecular formula is C20H19ClN2O3. The topological polar surface area (TPSA) is 71.2 Å². The molecule has 0 fully saturated rings. The summed E-state index contributed by atoms with van der Waals surface area (Å²) in [5.74, 6) is -0.519. The summed E-state index contributed by atoms with van der Waals surface area (Å²) in [5, 5.41) is 4.43. The minimum absolute atomic E-state index is 0.141. The minimum Gasteiger partial charge on any atom is -0.462 e. The molecule has 1 aromatic heterocycles. The first-order valence-corrected chi connectivity index (χ1v) is 8.69. The lowest BCUT2D eigenvalue weighted by molar-refractivity contribution is -0.115. The van der Waals surface area contributed by atoms with Gasteiger partial charge in [-0.05, 0) is 61.9 Å².